The highest BCUT2D eigenvalue weighted by molar-refractivity contribution is 5.92. The molecule has 82 valence electrons. The van der Waals surface area contributed by atoms with Crippen molar-refractivity contribution in [1.82, 2.24) is 15.6 Å². The Labute approximate surface area is 89.5 Å². The number of aromatic nitrogens is 1. The largest absolute Gasteiger partial charge is 0.357 e. The molecule has 1 aliphatic rings. The zero-order chi connectivity index (χ0) is 10.5. The van der Waals surface area contributed by atoms with Gasteiger partial charge in [-0.05, 0) is 31.5 Å². The first-order valence-corrected chi connectivity index (χ1v) is 5.51. The molecule has 0 bridgehead atoms. The van der Waals surface area contributed by atoms with E-state index >= 15 is 0 Å². The summed E-state index contributed by atoms with van der Waals surface area (Å²) in [6.07, 6.45) is 5.22. The molecule has 4 heteroatoms. The first-order valence-electron chi connectivity index (χ1n) is 5.51. The van der Waals surface area contributed by atoms with Gasteiger partial charge in [-0.2, -0.15) is 0 Å². The van der Waals surface area contributed by atoms with E-state index in [0.29, 0.717) is 5.69 Å². The molecule has 1 aromatic heterocycles. The SMILES string of the molecule is O=C(NC1CCCCNC1)c1ccc[nH]1. The van der Waals surface area contributed by atoms with E-state index in [0.717, 1.165) is 19.5 Å². The quantitative estimate of drug-likeness (QED) is 0.674. The Hall–Kier alpha value is -1.29. The Kier molecular flexibility index (Phi) is 3.40. The molecular formula is C11H17N3O. The molecule has 0 aromatic carbocycles. The van der Waals surface area contributed by atoms with Crippen LogP contribution in [0.5, 0.6) is 0 Å². The molecule has 0 radical (unpaired) electrons. The number of hydrogen-bond acceptors (Lipinski definition) is 2. The molecule has 1 atom stereocenters. The van der Waals surface area contributed by atoms with E-state index in [1.54, 1.807) is 12.3 Å². The summed E-state index contributed by atoms with van der Waals surface area (Å²) in [5.41, 5.74) is 0.638. The van der Waals surface area contributed by atoms with Crippen LogP contribution in [0.3, 0.4) is 0 Å². The summed E-state index contributed by atoms with van der Waals surface area (Å²) in [6.45, 7) is 1.95. The maximum absolute atomic E-state index is 11.7. The number of nitrogens with one attached hydrogen (secondary N) is 3. The molecule has 1 aliphatic heterocycles. The van der Waals surface area contributed by atoms with E-state index in [1.807, 2.05) is 6.07 Å². The third-order valence-electron chi connectivity index (χ3n) is 2.72. The highest BCUT2D eigenvalue weighted by Crippen LogP contribution is 2.05. The summed E-state index contributed by atoms with van der Waals surface area (Å²) in [6, 6.07) is 3.89. The number of amides is 1. The molecule has 1 aromatic rings. The zero-order valence-corrected chi connectivity index (χ0v) is 8.75. The van der Waals surface area contributed by atoms with Crippen molar-refractivity contribution in [3.63, 3.8) is 0 Å². The van der Waals surface area contributed by atoms with Crippen LogP contribution in [0.1, 0.15) is 29.8 Å². The predicted molar refractivity (Wildman–Crippen MR) is 58.8 cm³/mol. The summed E-state index contributed by atoms with van der Waals surface area (Å²) in [7, 11) is 0. The lowest BCUT2D eigenvalue weighted by atomic mass is 10.1. The van der Waals surface area contributed by atoms with Gasteiger partial charge < -0.3 is 15.6 Å². The van der Waals surface area contributed by atoms with Crippen LogP contribution in [0.15, 0.2) is 18.3 Å². The lowest BCUT2D eigenvalue weighted by Gasteiger charge is -2.15. The molecule has 1 amide bonds. The van der Waals surface area contributed by atoms with Crippen molar-refractivity contribution in [3.05, 3.63) is 24.0 Å². The molecule has 4 nitrogen and oxygen atoms in total. The van der Waals surface area contributed by atoms with Crippen LogP contribution in [0.25, 0.3) is 0 Å². The van der Waals surface area contributed by atoms with Crippen molar-refractivity contribution in [3.8, 4) is 0 Å². The number of hydrogen-bond donors (Lipinski definition) is 3. The first kappa shape index (κ1) is 10.2. The predicted octanol–water partition coefficient (Wildman–Crippen LogP) is 0.887. The Balaban J connectivity index is 1.87. The fraction of sp³-hybridized carbons (Fsp3) is 0.545. The lowest BCUT2D eigenvalue weighted by molar-refractivity contribution is 0.0931. The van der Waals surface area contributed by atoms with Gasteiger partial charge in [-0.15, -0.1) is 0 Å². The van der Waals surface area contributed by atoms with Crippen LogP contribution in [0, 0.1) is 0 Å². The maximum atomic E-state index is 11.7. The van der Waals surface area contributed by atoms with Gasteiger partial charge in [0.2, 0.25) is 0 Å². The standard InChI is InChI=1S/C11H17N3O/c15-11(10-5-3-7-13-10)14-9-4-1-2-6-12-8-9/h3,5,7,9,12-13H,1-2,4,6,8H2,(H,14,15). The summed E-state index contributed by atoms with van der Waals surface area (Å²) in [5, 5.41) is 6.35. The number of carbonyl (C=O) groups is 1. The van der Waals surface area contributed by atoms with E-state index in [9.17, 15) is 4.79 Å². The second-order valence-corrected chi connectivity index (χ2v) is 3.95. The van der Waals surface area contributed by atoms with E-state index in [-0.39, 0.29) is 11.9 Å². The minimum atomic E-state index is -0.00583. The lowest BCUT2D eigenvalue weighted by Crippen LogP contribution is -2.40. The van der Waals surface area contributed by atoms with Crippen molar-refractivity contribution in [2.24, 2.45) is 0 Å². The van der Waals surface area contributed by atoms with Gasteiger partial charge in [-0.25, -0.2) is 0 Å². The van der Waals surface area contributed by atoms with Gasteiger partial charge in [-0.1, -0.05) is 6.42 Å². The Morgan fingerprint density at radius 1 is 1.47 bits per heavy atom. The second-order valence-electron chi connectivity index (χ2n) is 3.95. The highest BCUT2D eigenvalue weighted by Gasteiger charge is 2.15. The number of carbonyl (C=O) groups excluding carboxylic acids is 1. The topological polar surface area (TPSA) is 56.9 Å². The van der Waals surface area contributed by atoms with E-state index in [4.69, 9.17) is 0 Å². The number of aromatic amines is 1. The average Bonchev–Trinajstić information content (AvgIpc) is 2.65. The minimum absolute atomic E-state index is 0.00583. The maximum Gasteiger partial charge on any atom is 0.267 e. The zero-order valence-electron chi connectivity index (χ0n) is 8.75. The fourth-order valence-corrected chi connectivity index (χ4v) is 1.88. The van der Waals surface area contributed by atoms with Gasteiger partial charge in [0.05, 0.1) is 0 Å². The fourth-order valence-electron chi connectivity index (χ4n) is 1.88. The monoisotopic (exact) mass is 207 g/mol. The molecule has 3 N–H and O–H groups in total. The molecule has 2 rings (SSSR count). The van der Waals surface area contributed by atoms with E-state index in [2.05, 4.69) is 15.6 Å². The minimum Gasteiger partial charge on any atom is -0.357 e. The van der Waals surface area contributed by atoms with Crippen LogP contribution in [-0.4, -0.2) is 30.0 Å². The van der Waals surface area contributed by atoms with Crippen LogP contribution in [0.2, 0.25) is 0 Å². The number of H-pyrrole nitrogens is 1. The Bertz CT molecular complexity index is 300. The normalized spacial score (nSPS) is 22.0. The van der Waals surface area contributed by atoms with Crippen LogP contribution >= 0.6 is 0 Å². The smallest absolute Gasteiger partial charge is 0.267 e. The molecular weight excluding hydrogens is 190 g/mol. The third kappa shape index (κ3) is 2.83. The summed E-state index contributed by atoms with van der Waals surface area (Å²) in [5.74, 6) is -0.00583. The van der Waals surface area contributed by atoms with Gasteiger partial charge in [0.25, 0.3) is 5.91 Å². The summed E-state index contributed by atoms with van der Waals surface area (Å²) >= 11 is 0. The molecule has 15 heavy (non-hydrogen) atoms. The van der Waals surface area contributed by atoms with E-state index < -0.39 is 0 Å². The van der Waals surface area contributed by atoms with Gasteiger partial charge in [0.15, 0.2) is 0 Å². The van der Waals surface area contributed by atoms with Crippen molar-refractivity contribution in [2.45, 2.75) is 25.3 Å². The first-order chi connectivity index (χ1) is 7.36. The molecule has 1 unspecified atom stereocenters. The molecule has 1 fully saturated rings. The summed E-state index contributed by atoms with van der Waals surface area (Å²) < 4.78 is 0. The molecule has 0 saturated carbocycles. The van der Waals surface area contributed by atoms with Crippen LogP contribution < -0.4 is 10.6 Å². The Morgan fingerprint density at radius 3 is 3.20 bits per heavy atom. The van der Waals surface area contributed by atoms with Crippen molar-refractivity contribution in [2.75, 3.05) is 13.1 Å². The van der Waals surface area contributed by atoms with Crippen molar-refractivity contribution in [1.29, 1.82) is 0 Å². The number of rotatable bonds is 2. The molecule has 0 spiro atoms. The van der Waals surface area contributed by atoms with E-state index in [1.165, 1.54) is 12.8 Å². The van der Waals surface area contributed by atoms with Crippen molar-refractivity contribution >= 4 is 5.91 Å². The van der Waals surface area contributed by atoms with Gasteiger partial charge in [0, 0.05) is 18.8 Å². The summed E-state index contributed by atoms with van der Waals surface area (Å²) in [4.78, 5) is 14.6. The Morgan fingerprint density at radius 2 is 2.40 bits per heavy atom. The van der Waals surface area contributed by atoms with Gasteiger partial charge in [-0.3, -0.25) is 4.79 Å². The van der Waals surface area contributed by atoms with Crippen molar-refractivity contribution < 1.29 is 4.79 Å². The third-order valence-corrected chi connectivity index (χ3v) is 2.72. The average molecular weight is 207 g/mol. The van der Waals surface area contributed by atoms with Gasteiger partial charge >= 0.3 is 0 Å². The van der Waals surface area contributed by atoms with Crippen LogP contribution in [0.4, 0.5) is 0 Å². The van der Waals surface area contributed by atoms with Gasteiger partial charge in [0.1, 0.15) is 5.69 Å². The molecule has 0 aliphatic carbocycles. The second kappa shape index (κ2) is 4.98. The highest BCUT2D eigenvalue weighted by atomic mass is 16.1. The molecule has 1 saturated heterocycles. The molecule has 2 heterocycles. The van der Waals surface area contributed by atoms with Crippen LogP contribution in [-0.2, 0) is 0 Å².